The Morgan fingerprint density at radius 2 is 2.26 bits per heavy atom. The van der Waals surface area contributed by atoms with Gasteiger partial charge in [-0.1, -0.05) is 6.08 Å². The number of nitrogen functional groups attached to an aromatic ring is 1. The number of aromatic nitrogens is 3. The molecular weight excluding hydrogens is 292 g/mol. The maximum Gasteiger partial charge on any atom is 0.278 e. The van der Waals surface area contributed by atoms with E-state index in [1.165, 1.54) is 12.4 Å². The molecule has 0 fully saturated rings. The highest BCUT2D eigenvalue weighted by molar-refractivity contribution is 5.98. The van der Waals surface area contributed by atoms with Gasteiger partial charge < -0.3 is 11.1 Å². The number of nitrogens with one attached hydrogen (secondary N) is 1. The number of allylic oxidation sites excluding steroid dienone is 2. The second kappa shape index (κ2) is 7.60. The van der Waals surface area contributed by atoms with Crippen LogP contribution in [0.15, 0.2) is 59.8 Å². The third-order valence-electron chi connectivity index (χ3n) is 2.90. The number of carbonyl (C=O) groups excluding carboxylic acids is 1. The third kappa shape index (κ3) is 4.07. The van der Waals surface area contributed by atoms with E-state index in [0.29, 0.717) is 11.4 Å². The number of nitrogens with zero attached hydrogens (tertiary/aromatic N) is 4. The predicted octanol–water partition coefficient (Wildman–Crippen LogP) is 1.97. The van der Waals surface area contributed by atoms with Crippen molar-refractivity contribution in [3.05, 3.63) is 60.5 Å². The molecule has 7 nitrogen and oxygen atoms in total. The highest BCUT2D eigenvalue weighted by Crippen LogP contribution is 2.17. The average Bonchev–Trinajstić information content (AvgIpc) is 2.59. The van der Waals surface area contributed by atoms with Crippen LogP contribution in [0.25, 0.3) is 11.3 Å². The van der Waals surface area contributed by atoms with Crippen LogP contribution >= 0.6 is 0 Å². The van der Waals surface area contributed by atoms with Crippen LogP contribution < -0.4 is 11.1 Å². The number of anilines is 1. The molecule has 116 valence electrons. The minimum atomic E-state index is -0.456. The van der Waals surface area contributed by atoms with E-state index in [9.17, 15) is 4.79 Å². The van der Waals surface area contributed by atoms with Gasteiger partial charge in [-0.25, -0.2) is 9.97 Å². The molecule has 2 rings (SSSR count). The van der Waals surface area contributed by atoms with Crippen LogP contribution in [0.2, 0.25) is 0 Å². The number of pyridine rings is 1. The molecule has 0 radical (unpaired) electrons. The molecule has 0 atom stereocenters. The van der Waals surface area contributed by atoms with E-state index in [1.54, 1.807) is 37.5 Å². The van der Waals surface area contributed by atoms with Crippen LogP contribution in [0, 0.1) is 0 Å². The average molecular weight is 308 g/mol. The Hall–Kier alpha value is -3.35. The summed E-state index contributed by atoms with van der Waals surface area (Å²) in [5.41, 5.74) is 7.63. The van der Waals surface area contributed by atoms with E-state index in [-0.39, 0.29) is 11.5 Å². The maximum absolute atomic E-state index is 12.4. The summed E-state index contributed by atoms with van der Waals surface area (Å²) in [6, 6.07) is 3.60. The van der Waals surface area contributed by atoms with Gasteiger partial charge in [0.1, 0.15) is 0 Å². The Labute approximate surface area is 133 Å². The van der Waals surface area contributed by atoms with Crippen molar-refractivity contribution in [3.63, 3.8) is 0 Å². The number of aliphatic imine (C=N–C) groups is 1. The van der Waals surface area contributed by atoms with Crippen molar-refractivity contribution in [1.82, 2.24) is 20.3 Å². The van der Waals surface area contributed by atoms with E-state index >= 15 is 0 Å². The summed E-state index contributed by atoms with van der Waals surface area (Å²) < 4.78 is 0. The lowest BCUT2D eigenvalue weighted by molar-refractivity contribution is 0.0963. The number of rotatable bonds is 5. The molecule has 3 N–H and O–H groups in total. The van der Waals surface area contributed by atoms with Gasteiger partial charge in [-0.2, -0.15) is 0 Å². The van der Waals surface area contributed by atoms with Crippen LogP contribution in [0.1, 0.15) is 17.4 Å². The summed E-state index contributed by atoms with van der Waals surface area (Å²) in [6.07, 6.45) is 9.59. The molecule has 2 aromatic heterocycles. The van der Waals surface area contributed by atoms with Gasteiger partial charge in [0.2, 0.25) is 0 Å². The summed E-state index contributed by atoms with van der Waals surface area (Å²) in [4.78, 5) is 28.3. The molecule has 2 aromatic rings. The molecule has 0 aromatic carbocycles. The van der Waals surface area contributed by atoms with Crippen molar-refractivity contribution < 1.29 is 4.79 Å². The van der Waals surface area contributed by atoms with Gasteiger partial charge >= 0.3 is 0 Å². The monoisotopic (exact) mass is 308 g/mol. The van der Waals surface area contributed by atoms with Crippen LogP contribution in [0.5, 0.6) is 0 Å². The Bertz CT molecular complexity index is 767. The molecule has 0 aliphatic carbocycles. The van der Waals surface area contributed by atoms with Gasteiger partial charge in [0, 0.05) is 29.9 Å². The van der Waals surface area contributed by atoms with Gasteiger partial charge in [0.15, 0.2) is 11.5 Å². The minimum Gasteiger partial charge on any atom is -0.382 e. The summed E-state index contributed by atoms with van der Waals surface area (Å²) >= 11 is 0. The molecule has 2 heterocycles. The molecule has 0 bridgehead atoms. The van der Waals surface area contributed by atoms with Crippen LogP contribution in [0.3, 0.4) is 0 Å². The van der Waals surface area contributed by atoms with Crippen LogP contribution in [-0.4, -0.2) is 27.6 Å². The van der Waals surface area contributed by atoms with Gasteiger partial charge in [-0.15, -0.1) is 0 Å². The molecule has 0 aliphatic rings. The zero-order valence-corrected chi connectivity index (χ0v) is 12.6. The summed E-state index contributed by atoms with van der Waals surface area (Å²) in [5.74, 6) is -0.404. The second-order valence-corrected chi connectivity index (χ2v) is 4.43. The predicted molar refractivity (Wildman–Crippen MR) is 89.6 cm³/mol. The van der Waals surface area contributed by atoms with Gasteiger partial charge in [0.25, 0.3) is 5.91 Å². The molecule has 23 heavy (non-hydrogen) atoms. The number of nitrogens with two attached hydrogens (primary N) is 1. The molecular formula is C16H16N6O. The molecule has 0 unspecified atom stereocenters. The Morgan fingerprint density at radius 1 is 1.43 bits per heavy atom. The topological polar surface area (TPSA) is 106 Å². The molecule has 1 amide bonds. The fourth-order valence-corrected chi connectivity index (χ4v) is 1.75. The molecule has 0 aliphatic heterocycles. The fraction of sp³-hybridized carbons (Fsp3) is 0.0625. The van der Waals surface area contributed by atoms with Crippen molar-refractivity contribution in [3.8, 4) is 11.3 Å². The highest BCUT2D eigenvalue weighted by Gasteiger charge is 2.15. The Kier molecular flexibility index (Phi) is 5.30. The summed E-state index contributed by atoms with van der Waals surface area (Å²) in [6.45, 7) is 5.12. The molecule has 0 spiro atoms. The van der Waals surface area contributed by atoms with Crippen LogP contribution in [0.4, 0.5) is 5.82 Å². The number of hydrogen-bond donors (Lipinski definition) is 2. The fourth-order valence-electron chi connectivity index (χ4n) is 1.75. The van der Waals surface area contributed by atoms with Gasteiger partial charge in [-0.3, -0.25) is 14.8 Å². The number of hydrogen-bond acceptors (Lipinski definition) is 6. The van der Waals surface area contributed by atoms with E-state index in [1.807, 2.05) is 6.07 Å². The summed E-state index contributed by atoms with van der Waals surface area (Å²) in [5, 5.41) is 2.69. The maximum atomic E-state index is 12.4. The highest BCUT2D eigenvalue weighted by atomic mass is 16.1. The SMILES string of the molecule is C=NC=CC(=CC)NC(=O)c1nc(-c2cccnc2)cnc1N. The lowest BCUT2D eigenvalue weighted by atomic mass is 10.2. The second-order valence-electron chi connectivity index (χ2n) is 4.43. The van der Waals surface area contributed by atoms with E-state index in [4.69, 9.17) is 5.73 Å². The van der Waals surface area contributed by atoms with Crippen molar-refractivity contribution in [2.45, 2.75) is 6.92 Å². The summed E-state index contributed by atoms with van der Waals surface area (Å²) in [7, 11) is 0. The van der Waals surface area contributed by atoms with E-state index < -0.39 is 5.91 Å². The molecule has 0 saturated carbocycles. The Morgan fingerprint density at radius 3 is 2.91 bits per heavy atom. The van der Waals surface area contributed by atoms with E-state index in [2.05, 4.69) is 32.0 Å². The first kappa shape index (κ1) is 16.0. The van der Waals surface area contributed by atoms with Crippen molar-refractivity contribution >= 4 is 18.4 Å². The first-order chi connectivity index (χ1) is 11.2. The quantitative estimate of drug-likeness (QED) is 0.649. The zero-order valence-electron chi connectivity index (χ0n) is 12.6. The molecule has 7 heteroatoms. The first-order valence-corrected chi connectivity index (χ1v) is 6.78. The lowest BCUT2D eigenvalue weighted by Crippen LogP contribution is -2.24. The minimum absolute atomic E-state index is 0.0469. The number of amides is 1. The van der Waals surface area contributed by atoms with Gasteiger partial charge in [0.05, 0.1) is 11.9 Å². The number of carbonyl (C=O) groups is 1. The molecule has 0 saturated heterocycles. The van der Waals surface area contributed by atoms with Gasteiger partial charge in [-0.05, 0) is 31.9 Å². The first-order valence-electron chi connectivity index (χ1n) is 6.78. The normalized spacial score (nSPS) is 11.4. The van der Waals surface area contributed by atoms with Crippen molar-refractivity contribution in [2.75, 3.05) is 5.73 Å². The standard InChI is InChI=1S/C16H16N6O/c1-3-12(6-8-18-2)21-16(23)14-15(17)20-10-13(22-14)11-5-4-7-19-9-11/h3-10H,2H2,1H3,(H2,17,20)(H,21,23). The van der Waals surface area contributed by atoms with Crippen LogP contribution in [-0.2, 0) is 0 Å². The van der Waals surface area contributed by atoms with Crippen molar-refractivity contribution in [2.24, 2.45) is 4.99 Å². The smallest absolute Gasteiger partial charge is 0.278 e. The zero-order chi connectivity index (χ0) is 16.7. The third-order valence-corrected chi connectivity index (χ3v) is 2.90. The Balaban J connectivity index is 2.30. The van der Waals surface area contributed by atoms with Crippen molar-refractivity contribution in [1.29, 1.82) is 0 Å². The van der Waals surface area contributed by atoms with E-state index in [0.717, 1.165) is 5.56 Å². The largest absolute Gasteiger partial charge is 0.382 e. The lowest BCUT2D eigenvalue weighted by Gasteiger charge is -2.08.